The molecule has 0 aliphatic carbocycles. The lowest BCUT2D eigenvalue weighted by Gasteiger charge is -2.44. The molecule has 1 fully saturated rings. The van der Waals surface area contributed by atoms with Crippen molar-refractivity contribution in [3.63, 3.8) is 0 Å². The van der Waals surface area contributed by atoms with Crippen LogP contribution in [0.1, 0.15) is 55.4 Å². The molecule has 0 N–H and O–H groups in total. The van der Waals surface area contributed by atoms with Gasteiger partial charge in [-0.2, -0.15) is 0 Å². The molecule has 0 bridgehead atoms. The Bertz CT molecular complexity index is 972. The number of ether oxygens (including phenoxy) is 2. The minimum atomic E-state index is -2.87. The van der Waals surface area contributed by atoms with Gasteiger partial charge in [0.2, 0.25) is 0 Å². The Balaban J connectivity index is 2.08. The molecular formula is C28H39NO5Si. The van der Waals surface area contributed by atoms with Gasteiger partial charge in [0.05, 0.1) is 12.6 Å². The lowest BCUT2D eigenvalue weighted by atomic mass is 10.1. The predicted octanol–water partition coefficient (Wildman–Crippen LogP) is 4.50. The summed E-state index contributed by atoms with van der Waals surface area (Å²) in [5.41, 5.74) is -1.71. The van der Waals surface area contributed by atoms with E-state index in [1.165, 1.54) is 4.90 Å². The number of aldehydes is 1. The van der Waals surface area contributed by atoms with Gasteiger partial charge in [0.1, 0.15) is 17.4 Å². The molecule has 1 saturated heterocycles. The molecule has 7 heteroatoms. The zero-order valence-electron chi connectivity index (χ0n) is 22.2. The highest BCUT2D eigenvalue weighted by molar-refractivity contribution is 6.99. The monoisotopic (exact) mass is 497 g/mol. The fourth-order valence-electron chi connectivity index (χ4n) is 4.94. The molecule has 1 aliphatic heterocycles. The first-order valence-corrected chi connectivity index (χ1v) is 14.0. The second-order valence-electron chi connectivity index (χ2n) is 11.6. The van der Waals surface area contributed by atoms with Gasteiger partial charge in [0, 0.05) is 0 Å². The molecule has 35 heavy (non-hydrogen) atoms. The third-order valence-corrected chi connectivity index (χ3v) is 11.3. The number of amides is 1. The van der Waals surface area contributed by atoms with Gasteiger partial charge >= 0.3 is 6.09 Å². The number of hydrogen-bond donors (Lipinski definition) is 0. The van der Waals surface area contributed by atoms with Gasteiger partial charge in [0.15, 0.2) is 6.29 Å². The summed E-state index contributed by atoms with van der Waals surface area (Å²) in [4.78, 5) is 26.9. The van der Waals surface area contributed by atoms with E-state index < -0.39 is 37.9 Å². The van der Waals surface area contributed by atoms with Crippen molar-refractivity contribution in [2.45, 2.75) is 83.9 Å². The van der Waals surface area contributed by atoms with E-state index in [0.29, 0.717) is 0 Å². The Kier molecular flexibility index (Phi) is 7.65. The van der Waals surface area contributed by atoms with Crippen molar-refractivity contribution in [2.75, 3.05) is 6.61 Å². The normalized spacial score (nSPS) is 20.5. The third kappa shape index (κ3) is 5.52. The number of rotatable bonds is 6. The minimum Gasteiger partial charge on any atom is -0.444 e. The zero-order valence-corrected chi connectivity index (χ0v) is 23.2. The van der Waals surface area contributed by atoms with Crippen LogP contribution in [0.4, 0.5) is 4.79 Å². The molecule has 0 radical (unpaired) electrons. The van der Waals surface area contributed by atoms with E-state index >= 15 is 0 Å². The van der Waals surface area contributed by atoms with Crippen molar-refractivity contribution in [3.8, 4) is 0 Å². The molecule has 6 nitrogen and oxygen atoms in total. The number of benzene rings is 2. The third-order valence-electron chi connectivity index (χ3n) is 6.33. The van der Waals surface area contributed by atoms with Crippen LogP contribution in [0, 0.1) is 0 Å². The van der Waals surface area contributed by atoms with Gasteiger partial charge in [-0.3, -0.25) is 4.90 Å². The van der Waals surface area contributed by atoms with Gasteiger partial charge < -0.3 is 18.7 Å². The largest absolute Gasteiger partial charge is 0.444 e. The van der Waals surface area contributed by atoms with E-state index in [2.05, 4.69) is 45.0 Å². The summed E-state index contributed by atoms with van der Waals surface area (Å²) in [6.45, 7) is 15.7. The van der Waals surface area contributed by atoms with E-state index in [0.717, 1.165) is 16.7 Å². The Hall–Kier alpha value is -2.48. The van der Waals surface area contributed by atoms with Gasteiger partial charge in [-0.25, -0.2) is 4.79 Å². The first kappa shape index (κ1) is 27.1. The highest BCUT2D eigenvalue weighted by atomic mass is 28.4. The topological polar surface area (TPSA) is 65.1 Å². The van der Waals surface area contributed by atoms with Crippen molar-refractivity contribution in [1.29, 1.82) is 0 Å². The summed E-state index contributed by atoms with van der Waals surface area (Å²) in [5.74, 6) is 0. The second kappa shape index (κ2) is 9.88. The summed E-state index contributed by atoms with van der Waals surface area (Å²) >= 11 is 0. The van der Waals surface area contributed by atoms with Crippen LogP contribution >= 0.6 is 0 Å². The maximum absolute atomic E-state index is 13.3. The quantitative estimate of drug-likeness (QED) is 0.434. The fraction of sp³-hybridized carbons (Fsp3) is 0.500. The predicted molar refractivity (Wildman–Crippen MR) is 140 cm³/mol. The number of carbonyl (C=O) groups excluding carboxylic acids is 2. The Morgan fingerprint density at radius 2 is 1.46 bits per heavy atom. The Labute approximate surface area is 210 Å². The van der Waals surface area contributed by atoms with Crippen LogP contribution < -0.4 is 10.4 Å². The standard InChI is InChI=1S/C28H39NO5Si/c1-26(2,3)34-25(31)29-23(24(19-30)33-28(29,7)8)20-32-35(27(4,5)6,21-15-11-9-12-16-21)22-17-13-10-14-18-22/h9-19,23-24H,20H2,1-8H3/t23-,24+/m0/s1. The number of carbonyl (C=O) groups is 2. The lowest BCUT2D eigenvalue weighted by Crippen LogP contribution is -2.67. The Morgan fingerprint density at radius 3 is 1.86 bits per heavy atom. The molecule has 0 aromatic heterocycles. The maximum Gasteiger partial charge on any atom is 0.413 e. The molecule has 3 rings (SSSR count). The molecule has 2 aromatic carbocycles. The average Bonchev–Trinajstić information content (AvgIpc) is 3.03. The number of nitrogens with zero attached hydrogens (tertiary/aromatic N) is 1. The molecule has 1 aliphatic rings. The minimum absolute atomic E-state index is 0.138. The van der Waals surface area contributed by atoms with Crippen molar-refractivity contribution >= 4 is 31.1 Å². The lowest BCUT2D eigenvalue weighted by molar-refractivity contribution is -0.124. The average molecular weight is 498 g/mol. The van der Waals surface area contributed by atoms with Gasteiger partial charge in [0.25, 0.3) is 8.32 Å². The van der Waals surface area contributed by atoms with E-state index in [-0.39, 0.29) is 11.6 Å². The molecule has 1 heterocycles. The fourth-order valence-corrected chi connectivity index (χ4v) is 9.52. The van der Waals surface area contributed by atoms with E-state index in [4.69, 9.17) is 13.9 Å². The first-order valence-electron chi connectivity index (χ1n) is 12.1. The van der Waals surface area contributed by atoms with Crippen molar-refractivity contribution in [1.82, 2.24) is 4.90 Å². The van der Waals surface area contributed by atoms with Crippen LogP contribution in [0.25, 0.3) is 0 Å². The number of hydrogen-bond acceptors (Lipinski definition) is 5. The maximum atomic E-state index is 13.3. The smallest absolute Gasteiger partial charge is 0.413 e. The summed E-state index contributed by atoms with van der Waals surface area (Å²) < 4.78 is 18.7. The summed E-state index contributed by atoms with van der Waals surface area (Å²) in [5, 5.41) is 2.02. The molecule has 0 saturated carbocycles. The van der Waals surface area contributed by atoms with Gasteiger partial charge in [-0.15, -0.1) is 0 Å². The summed E-state index contributed by atoms with van der Waals surface area (Å²) in [6.07, 6.45) is -0.593. The molecule has 1 amide bonds. The molecule has 2 aromatic rings. The SMILES string of the molecule is CC(C)(C)OC(=O)N1[C@@H](CO[Si](c2ccccc2)(c2ccccc2)C(C)(C)C)[C@@H](C=O)OC1(C)C. The molecule has 0 spiro atoms. The van der Waals surface area contributed by atoms with Crippen LogP contribution in [0.3, 0.4) is 0 Å². The zero-order chi connectivity index (χ0) is 26.1. The van der Waals surface area contributed by atoms with Crippen LogP contribution in [0.5, 0.6) is 0 Å². The summed E-state index contributed by atoms with van der Waals surface area (Å²) in [7, 11) is -2.87. The van der Waals surface area contributed by atoms with Crippen molar-refractivity contribution < 1.29 is 23.5 Å². The van der Waals surface area contributed by atoms with E-state index in [1.807, 2.05) is 57.2 Å². The van der Waals surface area contributed by atoms with Crippen LogP contribution in [-0.2, 0) is 18.7 Å². The van der Waals surface area contributed by atoms with Crippen molar-refractivity contribution in [2.24, 2.45) is 0 Å². The van der Waals surface area contributed by atoms with E-state index in [1.54, 1.807) is 13.8 Å². The molecule has 0 unspecified atom stereocenters. The van der Waals surface area contributed by atoms with E-state index in [9.17, 15) is 9.59 Å². The van der Waals surface area contributed by atoms with Crippen LogP contribution in [0.15, 0.2) is 60.7 Å². The van der Waals surface area contributed by atoms with Crippen LogP contribution in [0.2, 0.25) is 5.04 Å². The molecule has 2 atom stereocenters. The molecular weight excluding hydrogens is 458 g/mol. The van der Waals surface area contributed by atoms with Gasteiger partial charge in [-0.05, 0) is 50.0 Å². The Morgan fingerprint density at radius 1 is 0.971 bits per heavy atom. The molecule has 190 valence electrons. The van der Waals surface area contributed by atoms with Gasteiger partial charge in [-0.1, -0.05) is 81.4 Å². The van der Waals surface area contributed by atoms with Crippen LogP contribution in [-0.4, -0.2) is 55.7 Å². The second-order valence-corrected chi connectivity index (χ2v) is 15.9. The highest BCUT2D eigenvalue weighted by Crippen LogP contribution is 2.39. The van der Waals surface area contributed by atoms with Crippen molar-refractivity contribution in [3.05, 3.63) is 60.7 Å². The highest BCUT2D eigenvalue weighted by Gasteiger charge is 2.55. The summed E-state index contributed by atoms with van der Waals surface area (Å²) in [6, 6.07) is 19.9. The first-order chi connectivity index (χ1) is 16.2.